The number of rotatable bonds is 11. The van der Waals surface area contributed by atoms with Crippen LogP contribution in [-0.4, -0.2) is 76.7 Å². The van der Waals surface area contributed by atoms with Crippen LogP contribution in [0.25, 0.3) is 22.3 Å². The summed E-state index contributed by atoms with van der Waals surface area (Å²) in [6.07, 6.45) is 1.93. The van der Waals surface area contributed by atoms with E-state index in [2.05, 4.69) is 22.3 Å². The molecule has 14 nitrogen and oxygen atoms in total. The average molecular weight is 841 g/mol. The molecule has 3 aromatic carbocycles. The Hall–Kier alpha value is -6.16. The molecule has 16 heteroatoms. The summed E-state index contributed by atoms with van der Waals surface area (Å²) in [5, 5.41) is 9.97. The fraction of sp³-hybridized carbons (Fsp3) is 0.364. The minimum Gasteiger partial charge on any atom is -0.444 e. The number of halogens is 1. The number of carbonyl (C=O) groups excluding carboxylic acids is 4. The van der Waals surface area contributed by atoms with Gasteiger partial charge >= 0.3 is 6.09 Å². The van der Waals surface area contributed by atoms with E-state index in [4.69, 9.17) is 4.74 Å². The summed E-state index contributed by atoms with van der Waals surface area (Å²) >= 11 is 0. The number of alkyl carbamates (subject to hydrolysis) is 1. The van der Waals surface area contributed by atoms with E-state index in [9.17, 15) is 36.8 Å². The Morgan fingerprint density at radius 3 is 2.15 bits per heavy atom. The van der Waals surface area contributed by atoms with Crippen molar-refractivity contribution in [2.45, 2.75) is 88.5 Å². The van der Waals surface area contributed by atoms with Crippen molar-refractivity contribution in [3.63, 3.8) is 0 Å². The Kier molecular flexibility index (Phi) is 11.9. The molecule has 1 aliphatic carbocycles. The molecule has 60 heavy (non-hydrogen) atoms. The number of hydrogen-bond donors (Lipinski definition) is 3. The fourth-order valence-electron chi connectivity index (χ4n) is 7.41. The van der Waals surface area contributed by atoms with Crippen molar-refractivity contribution in [3.05, 3.63) is 120 Å². The van der Waals surface area contributed by atoms with Crippen LogP contribution in [0.15, 0.2) is 113 Å². The van der Waals surface area contributed by atoms with Gasteiger partial charge in [-0.05, 0) is 61.9 Å². The molecular weight excluding hydrogens is 792 g/mol. The number of hydrogen-bond acceptors (Lipinski definition) is 9. The topological polar surface area (TPSA) is 186 Å². The molecule has 1 aliphatic heterocycles. The minimum atomic E-state index is -4.58. The third-order valence-corrected chi connectivity index (χ3v) is 11.8. The maximum Gasteiger partial charge on any atom is 0.408 e. The third-order valence-electron chi connectivity index (χ3n) is 10.5. The molecule has 0 spiro atoms. The Morgan fingerprint density at radius 1 is 0.950 bits per heavy atom. The second kappa shape index (κ2) is 16.5. The summed E-state index contributed by atoms with van der Waals surface area (Å²) in [6, 6.07) is 18.9. The van der Waals surface area contributed by atoms with E-state index >= 15 is 0 Å². The van der Waals surface area contributed by atoms with E-state index in [1.807, 2.05) is 41.1 Å². The first-order valence-electron chi connectivity index (χ1n) is 19.5. The zero-order chi connectivity index (χ0) is 43.8. The van der Waals surface area contributed by atoms with Crippen molar-refractivity contribution in [2.24, 2.45) is 11.3 Å². The van der Waals surface area contributed by atoms with Crippen LogP contribution in [0.1, 0.15) is 60.4 Å². The van der Waals surface area contributed by atoms with Crippen LogP contribution >= 0.6 is 0 Å². The highest BCUT2D eigenvalue weighted by molar-refractivity contribution is 7.90. The lowest BCUT2D eigenvalue weighted by Crippen LogP contribution is -2.60. The van der Waals surface area contributed by atoms with Gasteiger partial charge in [-0.25, -0.2) is 27.0 Å². The number of nitrogens with one attached hydrogen (secondary N) is 3. The first-order chi connectivity index (χ1) is 28.1. The van der Waals surface area contributed by atoms with E-state index in [0.717, 1.165) is 23.8 Å². The highest BCUT2D eigenvalue weighted by Gasteiger charge is 2.61. The Morgan fingerprint density at radius 2 is 1.58 bits per heavy atom. The van der Waals surface area contributed by atoms with Gasteiger partial charge < -0.3 is 20.3 Å². The summed E-state index contributed by atoms with van der Waals surface area (Å²) in [5.74, 6) is -4.12. The van der Waals surface area contributed by atoms with E-state index < -0.39 is 90.7 Å². The number of aromatic nitrogens is 2. The molecule has 1 saturated carbocycles. The molecule has 0 radical (unpaired) electrons. The molecule has 316 valence electrons. The molecule has 0 unspecified atom stereocenters. The van der Waals surface area contributed by atoms with Crippen LogP contribution in [-0.2, 0) is 29.1 Å². The first-order valence-corrected chi connectivity index (χ1v) is 20.9. The minimum absolute atomic E-state index is 0.0238. The van der Waals surface area contributed by atoms with Gasteiger partial charge in [0, 0.05) is 24.4 Å². The quantitative estimate of drug-likeness (QED) is 0.167. The van der Waals surface area contributed by atoms with Crippen molar-refractivity contribution in [2.75, 3.05) is 6.54 Å². The van der Waals surface area contributed by atoms with Gasteiger partial charge in [-0.2, -0.15) is 5.10 Å². The van der Waals surface area contributed by atoms with Gasteiger partial charge in [0.2, 0.25) is 11.8 Å². The Balaban J connectivity index is 1.39. The zero-order valence-electron chi connectivity index (χ0n) is 34.3. The molecule has 1 saturated heterocycles. The molecule has 2 fully saturated rings. The normalized spacial score (nSPS) is 20.7. The van der Waals surface area contributed by atoms with E-state index in [1.54, 1.807) is 72.0 Å². The summed E-state index contributed by atoms with van der Waals surface area (Å²) in [7, 11) is -4.58. The van der Waals surface area contributed by atoms with Gasteiger partial charge in [-0.3, -0.25) is 19.2 Å². The number of nitrogens with zero attached hydrogens (tertiary/aromatic N) is 3. The van der Waals surface area contributed by atoms with Crippen molar-refractivity contribution in [1.82, 2.24) is 30.0 Å². The largest absolute Gasteiger partial charge is 0.444 e. The number of carbonyl (C=O) groups is 4. The van der Waals surface area contributed by atoms with Gasteiger partial charge in [0.1, 0.15) is 29.0 Å². The molecule has 4 amide bonds. The van der Waals surface area contributed by atoms with Gasteiger partial charge in [-0.1, -0.05) is 93.6 Å². The predicted molar refractivity (Wildman–Crippen MR) is 222 cm³/mol. The maximum atomic E-state index is 14.8. The molecule has 6 rings (SSSR count). The fourth-order valence-corrected chi connectivity index (χ4v) is 8.48. The molecule has 5 atom stereocenters. The third kappa shape index (κ3) is 9.18. The SMILES string of the molecule is C=C[C@@H]1C[C@]1(NC(=O)[C@@H]1C[C@@H](n2ncc(-c3ccccc3)c(-c3ccccc3)c2=O)CN1C(=O)[C@@H](NC(=O)OC(C)(C)C)C(C)(C)C)C(=O)NS(=O)(=O)c1cccc(F)c1. The van der Waals surface area contributed by atoms with Crippen molar-refractivity contribution in [3.8, 4) is 22.3 Å². The van der Waals surface area contributed by atoms with Crippen LogP contribution in [0, 0.1) is 17.2 Å². The lowest BCUT2D eigenvalue weighted by molar-refractivity contribution is -0.143. The van der Waals surface area contributed by atoms with Crippen LogP contribution in [0.5, 0.6) is 0 Å². The average Bonchev–Trinajstić information content (AvgIpc) is 3.72. The second-order valence-electron chi connectivity index (χ2n) is 17.2. The van der Waals surface area contributed by atoms with Crippen molar-refractivity contribution < 1.29 is 36.7 Å². The van der Waals surface area contributed by atoms with E-state index in [1.165, 1.54) is 21.7 Å². The summed E-state index contributed by atoms with van der Waals surface area (Å²) < 4.78 is 49.0. The van der Waals surface area contributed by atoms with Crippen LogP contribution < -0.4 is 20.9 Å². The van der Waals surface area contributed by atoms with Gasteiger partial charge in [0.05, 0.1) is 22.7 Å². The van der Waals surface area contributed by atoms with Crippen LogP contribution in [0.4, 0.5) is 9.18 Å². The Bertz CT molecular complexity index is 2480. The van der Waals surface area contributed by atoms with E-state index in [0.29, 0.717) is 16.7 Å². The molecular formula is C44H49FN6O8S. The van der Waals surface area contributed by atoms with Crippen molar-refractivity contribution >= 4 is 33.8 Å². The van der Waals surface area contributed by atoms with Crippen LogP contribution in [0.2, 0.25) is 0 Å². The second-order valence-corrected chi connectivity index (χ2v) is 18.8. The zero-order valence-corrected chi connectivity index (χ0v) is 35.1. The molecule has 0 bridgehead atoms. The predicted octanol–water partition coefficient (Wildman–Crippen LogP) is 5.36. The number of sulfonamides is 1. The monoisotopic (exact) mass is 840 g/mol. The smallest absolute Gasteiger partial charge is 0.408 e. The van der Waals surface area contributed by atoms with Gasteiger partial charge in [0.15, 0.2) is 0 Å². The lowest BCUT2D eigenvalue weighted by atomic mass is 9.85. The summed E-state index contributed by atoms with van der Waals surface area (Å²) in [6.45, 7) is 13.8. The van der Waals surface area contributed by atoms with E-state index in [-0.39, 0.29) is 19.4 Å². The van der Waals surface area contributed by atoms with Crippen molar-refractivity contribution in [1.29, 1.82) is 0 Å². The number of likely N-dealkylation sites (tertiary alicyclic amines) is 1. The van der Waals surface area contributed by atoms with Gasteiger partial charge in [-0.15, -0.1) is 6.58 Å². The summed E-state index contributed by atoms with van der Waals surface area (Å²) in [5.41, 5.74) is -1.79. The molecule has 4 aromatic rings. The molecule has 1 aromatic heterocycles. The number of amides is 4. The summed E-state index contributed by atoms with van der Waals surface area (Å²) in [4.78, 5) is 71.7. The maximum absolute atomic E-state index is 14.8. The van der Waals surface area contributed by atoms with Gasteiger partial charge in [0.25, 0.3) is 21.5 Å². The lowest BCUT2D eigenvalue weighted by Gasteiger charge is -2.36. The number of benzene rings is 3. The highest BCUT2D eigenvalue weighted by atomic mass is 32.2. The Labute approximate surface area is 348 Å². The van der Waals surface area contributed by atoms with Crippen LogP contribution in [0.3, 0.4) is 0 Å². The number of ether oxygens (including phenoxy) is 1. The highest BCUT2D eigenvalue weighted by Crippen LogP contribution is 2.45. The first kappa shape index (κ1) is 43.4. The standard InChI is InChI=1S/C44H49FN6O8S/c1-8-29-24-44(29,40(55)49-60(57,58)32-21-15-20-30(45)22-32)48-37(52)34-23-31(26-50(34)39(54)36(42(2,3)4)47-41(56)59-43(5,6)7)51-38(53)35(28-18-13-10-14-19-28)33(25-46-51)27-16-11-9-12-17-27/h8-22,25,29,31,34,36H,1,23-24,26H2,2-7H3,(H,47,56)(H,48,52)(H,49,55)/t29-,31-,34+,36-,44-/m1/s1. The molecule has 2 heterocycles. The molecule has 2 aliphatic rings. The molecule has 3 N–H and O–H groups in total.